The molecule has 1 unspecified atom stereocenters. The molecule has 1 amide bonds. The number of amides is 1. The molecule has 27 heavy (non-hydrogen) atoms. The molecule has 1 aliphatic heterocycles. The molecule has 1 aliphatic rings. The Morgan fingerprint density at radius 2 is 1.74 bits per heavy atom. The highest BCUT2D eigenvalue weighted by Crippen LogP contribution is 2.27. The fourth-order valence-electron chi connectivity index (χ4n) is 3.64. The Morgan fingerprint density at radius 1 is 0.926 bits per heavy atom. The first kappa shape index (κ1) is 17.4. The Hall–Kier alpha value is -2.98. The minimum atomic E-state index is -0.0260. The highest BCUT2D eigenvalue weighted by molar-refractivity contribution is 5.93. The fourth-order valence-corrected chi connectivity index (χ4v) is 3.64. The lowest BCUT2D eigenvalue weighted by Crippen LogP contribution is -2.40. The van der Waals surface area contributed by atoms with Gasteiger partial charge in [0, 0.05) is 31.2 Å². The van der Waals surface area contributed by atoms with E-state index in [9.17, 15) is 4.79 Å². The van der Waals surface area contributed by atoms with Crippen LogP contribution in [-0.2, 0) is 4.79 Å². The van der Waals surface area contributed by atoms with Crippen LogP contribution in [0.15, 0.2) is 79.1 Å². The molecule has 4 nitrogen and oxygen atoms in total. The maximum absolute atomic E-state index is 12.7. The number of nitrogens with one attached hydrogen (secondary N) is 2. The van der Waals surface area contributed by atoms with Gasteiger partial charge in [0.05, 0.1) is 5.92 Å². The Balaban J connectivity index is 1.40. The van der Waals surface area contributed by atoms with Crippen LogP contribution in [0.3, 0.4) is 0 Å². The van der Waals surface area contributed by atoms with Crippen molar-refractivity contribution in [3.8, 4) is 11.1 Å². The van der Waals surface area contributed by atoms with Crippen molar-refractivity contribution in [1.29, 1.82) is 0 Å². The van der Waals surface area contributed by atoms with Gasteiger partial charge in [0.1, 0.15) is 0 Å². The molecule has 4 rings (SSSR count). The van der Waals surface area contributed by atoms with Crippen molar-refractivity contribution in [1.82, 2.24) is 10.3 Å². The summed E-state index contributed by atoms with van der Waals surface area (Å²) in [7, 11) is 0. The van der Waals surface area contributed by atoms with Gasteiger partial charge in [-0.2, -0.15) is 0 Å². The van der Waals surface area contributed by atoms with Crippen LogP contribution in [0.1, 0.15) is 17.9 Å². The van der Waals surface area contributed by atoms with Gasteiger partial charge in [0.2, 0.25) is 5.91 Å². The molecular weight excluding hydrogens is 334 g/mol. The smallest absolute Gasteiger partial charge is 0.228 e. The van der Waals surface area contributed by atoms with Gasteiger partial charge >= 0.3 is 0 Å². The monoisotopic (exact) mass is 357 g/mol. The molecular formula is C23H23N3O. The predicted octanol–water partition coefficient (Wildman–Crippen LogP) is 4.08. The molecule has 2 N–H and O–H groups in total. The standard InChI is InChI=1S/C23H23N3O/c27-23(21-13-20(15-25-16-21)17-5-2-1-3-6-17)26-22-10-8-18(9-11-22)19-7-4-12-24-14-19/h1-12,14,20-21,25H,13,15-16H2,(H,26,27)/t20?,21-/m1/s1. The molecule has 0 spiro atoms. The SMILES string of the molecule is O=C(Nc1ccc(-c2cccnc2)cc1)[C@H]1CNCC(c2ccccc2)C1. The van der Waals surface area contributed by atoms with E-state index in [1.165, 1.54) is 5.56 Å². The van der Waals surface area contributed by atoms with Crippen molar-refractivity contribution in [3.05, 3.63) is 84.7 Å². The molecule has 0 saturated carbocycles. The van der Waals surface area contributed by atoms with Crippen LogP contribution in [0, 0.1) is 5.92 Å². The first-order chi connectivity index (χ1) is 13.3. The van der Waals surface area contributed by atoms with E-state index in [1.54, 1.807) is 6.20 Å². The van der Waals surface area contributed by atoms with Gasteiger partial charge in [-0.3, -0.25) is 9.78 Å². The van der Waals surface area contributed by atoms with Gasteiger partial charge in [-0.15, -0.1) is 0 Å². The number of carbonyl (C=O) groups excluding carboxylic acids is 1. The van der Waals surface area contributed by atoms with Crippen LogP contribution in [-0.4, -0.2) is 24.0 Å². The van der Waals surface area contributed by atoms with Gasteiger partial charge < -0.3 is 10.6 Å². The molecule has 2 aromatic carbocycles. The van der Waals surface area contributed by atoms with Crippen molar-refractivity contribution in [3.63, 3.8) is 0 Å². The van der Waals surface area contributed by atoms with Crippen molar-refractivity contribution in [2.45, 2.75) is 12.3 Å². The third-order valence-electron chi connectivity index (χ3n) is 5.14. The van der Waals surface area contributed by atoms with Crippen LogP contribution in [0.5, 0.6) is 0 Å². The minimum Gasteiger partial charge on any atom is -0.326 e. The molecule has 2 atom stereocenters. The van der Waals surface area contributed by atoms with Crippen LogP contribution < -0.4 is 10.6 Å². The topological polar surface area (TPSA) is 54.0 Å². The van der Waals surface area contributed by atoms with Crippen LogP contribution in [0.25, 0.3) is 11.1 Å². The Kier molecular flexibility index (Phi) is 5.26. The number of nitrogens with zero attached hydrogens (tertiary/aromatic N) is 1. The number of hydrogen-bond acceptors (Lipinski definition) is 3. The second-order valence-electron chi connectivity index (χ2n) is 7.01. The lowest BCUT2D eigenvalue weighted by atomic mass is 9.85. The maximum Gasteiger partial charge on any atom is 0.228 e. The highest BCUT2D eigenvalue weighted by atomic mass is 16.1. The van der Waals surface area contributed by atoms with Crippen LogP contribution in [0.2, 0.25) is 0 Å². The second kappa shape index (κ2) is 8.14. The third kappa shape index (κ3) is 4.23. The molecule has 1 aromatic heterocycles. The van der Waals surface area contributed by atoms with Gasteiger partial charge in [0.25, 0.3) is 0 Å². The average Bonchev–Trinajstić information content (AvgIpc) is 2.75. The van der Waals surface area contributed by atoms with Gasteiger partial charge in [-0.25, -0.2) is 0 Å². The Bertz CT molecular complexity index is 879. The molecule has 1 saturated heterocycles. The van der Waals surface area contributed by atoms with Gasteiger partial charge in [-0.05, 0) is 47.2 Å². The number of pyridine rings is 1. The first-order valence-corrected chi connectivity index (χ1v) is 9.36. The largest absolute Gasteiger partial charge is 0.326 e. The number of benzene rings is 2. The second-order valence-corrected chi connectivity index (χ2v) is 7.01. The van der Waals surface area contributed by atoms with E-state index in [2.05, 4.69) is 39.9 Å². The van der Waals surface area contributed by atoms with Crippen molar-refractivity contribution >= 4 is 11.6 Å². The van der Waals surface area contributed by atoms with Crippen molar-refractivity contribution in [2.75, 3.05) is 18.4 Å². The molecule has 0 bridgehead atoms. The number of hydrogen-bond donors (Lipinski definition) is 2. The molecule has 2 heterocycles. The summed E-state index contributed by atoms with van der Waals surface area (Å²) < 4.78 is 0. The summed E-state index contributed by atoms with van der Waals surface area (Å²) >= 11 is 0. The quantitative estimate of drug-likeness (QED) is 0.740. The van der Waals surface area contributed by atoms with Crippen molar-refractivity contribution < 1.29 is 4.79 Å². The molecule has 3 aromatic rings. The van der Waals surface area contributed by atoms with E-state index in [0.717, 1.165) is 36.3 Å². The number of aromatic nitrogens is 1. The summed E-state index contributed by atoms with van der Waals surface area (Å²) in [6.07, 6.45) is 4.47. The molecule has 136 valence electrons. The molecule has 0 radical (unpaired) electrons. The summed E-state index contributed by atoms with van der Waals surface area (Å²) in [5, 5.41) is 6.48. The molecule has 1 fully saturated rings. The summed E-state index contributed by atoms with van der Waals surface area (Å²) in [5.41, 5.74) is 4.28. The normalized spacial score (nSPS) is 19.4. The molecule has 4 heteroatoms. The summed E-state index contributed by atoms with van der Waals surface area (Å²) in [4.78, 5) is 16.9. The zero-order valence-corrected chi connectivity index (χ0v) is 15.1. The summed E-state index contributed by atoms with van der Waals surface area (Å²) in [6, 6.07) is 22.3. The Morgan fingerprint density at radius 3 is 2.48 bits per heavy atom. The third-order valence-corrected chi connectivity index (χ3v) is 5.14. The van der Waals surface area contributed by atoms with Gasteiger partial charge in [0.15, 0.2) is 0 Å². The first-order valence-electron chi connectivity index (χ1n) is 9.36. The fraction of sp³-hybridized carbons (Fsp3) is 0.217. The highest BCUT2D eigenvalue weighted by Gasteiger charge is 2.27. The number of rotatable bonds is 4. The van der Waals surface area contributed by atoms with Crippen molar-refractivity contribution in [2.24, 2.45) is 5.92 Å². The summed E-state index contributed by atoms with van der Waals surface area (Å²) in [6.45, 7) is 1.65. The number of carbonyl (C=O) groups is 1. The molecule has 0 aliphatic carbocycles. The Labute approximate surface area is 159 Å². The lowest BCUT2D eigenvalue weighted by molar-refractivity contribution is -0.120. The van der Waals surface area contributed by atoms with E-state index in [4.69, 9.17) is 0 Å². The number of piperidine rings is 1. The van der Waals surface area contributed by atoms with E-state index < -0.39 is 0 Å². The van der Waals surface area contributed by atoms with Gasteiger partial charge in [-0.1, -0.05) is 48.5 Å². The van der Waals surface area contributed by atoms with Crippen LogP contribution in [0.4, 0.5) is 5.69 Å². The number of anilines is 1. The maximum atomic E-state index is 12.7. The summed E-state index contributed by atoms with van der Waals surface area (Å²) in [5.74, 6) is 0.433. The zero-order chi connectivity index (χ0) is 18.5. The van der Waals surface area contributed by atoms with E-state index in [0.29, 0.717) is 5.92 Å². The lowest BCUT2D eigenvalue weighted by Gasteiger charge is -2.29. The minimum absolute atomic E-state index is 0.0260. The van der Waals surface area contributed by atoms with E-state index >= 15 is 0 Å². The van der Waals surface area contributed by atoms with Crippen LogP contribution >= 0.6 is 0 Å². The predicted molar refractivity (Wildman–Crippen MR) is 108 cm³/mol. The zero-order valence-electron chi connectivity index (χ0n) is 15.1. The van der Waals surface area contributed by atoms with E-state index in [-0.39, 0.29) is 11.8 Å². The van der Waals surface area contributed by atoms with E-state index in [1.807, 2.05) is 48.7 Å². The average molecular weight is 357 g/mol.